The van der Waals surface area contributed by atoms with Gasteiger partial charge in [0, 0.05) is 0 Å². The van der Waals surface area contributed by atoms with Crippen LogP contribution < -0.4 is 16.8 Å². The summed E-state index contributed by atoms with van der Waals surface area (Å²) in [6.45, 7) is 4.08. The lowest BCUT2D eigenvalue weighted by Gasteiger charge is -2.22. The zero-order valence-electron chi connectivity index (χ0n) is 16.5. The van der Waals surface area contributed by atoms with Crippen molar-refractivity contribution in [2.45, 2.75) is 56.0 Å². The first-order valence-electron chi connectivity index (χ1n) is 9.37. The maximum absolute atomic E-state index is 12.5. The molecule has 1 aliphatic heterocycles. The number of nitrogens with two attached hydrogens (primary N) is 2. The van der Waals surface area contributed by atoms with E-state index < -0.39 is 42.4 Å². The second kappa shape index (κ2) is 9.12. The van der Waals surface area contributed by atoms with Crippen LogP contribution in [0.2, 0.25) is 0 Å². The van der Waals surface area contributed by atoms with Crippen LogP contribution >= 0.6 is 11.8 Å². The third-order valence-corrected chi connectivity index (χ3v) is 5.84. The molecule has 7 N–H and O–H groups in total. The number of anilines is 1. The number of hydrogen-bond acceptors (Lipinski definition) is 10. The topological polar surface area (TPSA) is 191 Å². The number of hydrogen-bond donors (Lipinski definition) is 5. The van der Waals surface area contributed by atoms with Crippen molar-refractivity contribution in [1.29, 1.82) is 0 Å². The van der Waals surface area contributed by atoms with E-state index in [4.69, 9.17) is 16.2 Å². The second-order valence-electron chi connectivity index (χ2n) is 7.21. The van der Waals surface area contributed by atoms with Crippen LogP contribution in [0.25, 0.3) is 11.2 Å². The second-order valence-corrected chi connectivity index (χ2v) is 8.89. The number of carbonyl (C=O) groups is 2. The number of carbonyl (C=O) groups excluding carboxylic acids is 1. The van der Waals surface area contributed by atoms with Crippen LogP contribution in [0.4, 0.5) is 5.82 Å². The minimum atomic E-state index is -1.48. The molecule has 3 rings (SSSR count). The Morgan fingerprint density at radius 1 is 1.37 bits per heavy atom. The normalized spacial score (nSPS) is 25.0. The summed E-state index contributed by atoms with van der Waals surface area (Å²) in [4.78, 5) is 36.2. The van der Waals surface area contributed by atoms with Crippen molar-refractivity contribution in [3.63, 3.8) is 0 Å². The molecule has 1 amide bonds. The maximum atomic E-state index is 12.5. The number of imidazole rings is 1. The molecule has 2 aromatic rings. The lowest BCUT2D eigenvalue weighted by molar-refractivity contribution is -0.152. The number of carboxylic acids is 1. The quantitative estimate of drug-likeness (QED) is 0.342. The van der Waals surface area contributed by atoms with E-state index in [1.54, 1.807) is 11.8 Å². The highest BCUT2D eigenvalue weighted by Crippen LogP contribution is 2.32. The Bertz CT molecular complexity index is 923. The number of aliphatic hydroxyl groups is 1. The number of rotatable bonds is 8. The lowest BCUT2D eigenvalue weighted by atomic mass is 10.1. The summed E-state index contributed by atoms with van der Waals surface area (Å²) in [7, 11) is 0. The van der Waals surface area contributed by atoms with Crippen LogP contribution in [-0.2, 0) is 14.3 Å². The molecular formula is C17H25N7O5S. The molecule has 0 aliphatic carbocycles. The fraction of sp³-hybridized carbons (Fsp3) is 0.588. The van der Waals surface area contributed by atoms with Crippen LogP contribution in [0, 0.1) is 0 Å². The monoisotopic (exact) mass is 439 g/mol. The minimum Gasteiger partial charge on any atom is -0.479 e. The molecule has 0 bridgehead atoms. The zero-order valence-corrected chi connectivity index (χ0v) is 17.3. The van der Waals surface area contributed by atoms with Crippen LogP contribution in [0.15, 0.2) is 12.7 Å². The number of amides is 1. The van der Waals surface area contributed by atoms with E-state index >= 15 is 0 Å². The summed E-state index contributed by atoms with van der Waals surface area (Å²) >= 11 is 1.67. The number of nitrogens with one attached hydrogen (secondary N) is 1. The van der Waals surface area contributed by atoms with E-state index in [1.165, 1.54) is 17.2 Å². The average Bonchev–Trinajstić information content (AvgIpc) is 3.24. The summed E-state index contributed by atoms with van der Waals surface area (Å²) in [5.74, 6) is -1.07. The Labute approximate surface area is 176 Å². The summed E-state index contributed by atoms with van der Waals surface area (Å²) in [6.07, 6.45) is -1.06. The number of fused-ring (bicyclic) bond motifs is 1. The predicted octanol–water partition coefficient (Wildman–Crippen LogP) is -0.905. The van der Waals surface area contributed by atoms with Crippen molar-refractivity contribution in [2.24, 2.45) is 5.73 Å². The number of thioether (sulfide) groups is 1. The first-order chi connectivity index (χ1) is 14.2. The lowest BCUT2D eigenvalue weighted by Crippen LogP contribution is -2.54. The van der Waals surface area contributed by atoms with Crippen molar-refractivity contribution in [3.8, 4) is 0 Å². The minimum absolute atomic E-state index is 0.135. The van der Waals surface area contributed by atoms with Gasteiger partial charge in [0.05, 0.1) is 18.4 Å². The SMILES string of the molecule is CC(C)SCC[C@H](N)C(=O)N[C@H]1[C@@H](O)[C@H](n2cnc3c(N)ncnc32)O[C@@H]1C(=O)O. The highest BCUT2D eigenvalue weighted by molar-refractivity contribution is 7.99. The highest BCUT2D eigenvalue weighted by atomic mass is 32.2. The molecule has 5 atom stereocenters. The number of nitrogens with zero attached hydrogens (tertiary/aromatic N) is 4. The first-order valence-corrected chi connectivity index (χ1v) is 10.4. The number of aliphatic hydroxyl groups excluding tert-OH is 1. The molecule has 164 valence electrons. The summed E-state index contributed by atoms with van der Waals surface area (Å²) in [5.41, 5.74) is 12.3. The van der Waals surface area contributed by atoms with Crippen molar-refractivity contribution in [1.82, 2.24) is 24.8 Å². The Hall–Kier alpha value is -2.48. The van der Waals surface area contributed by atoms with E-state index in [0.717, 1.165) is 0 Å². The summed E-state index contributed by atoms with van der Waals surface area (Å²) < 4.78 is 6.91. The van der Waals surface area contributed by atoms with Crippen LogP contribution in [0.5, 0.6) is 0 Å². The van der Waals surface area contributed by atoms with Crippen molar-refractivity contribution >= 4 is 40.6 Å². The molecule has 12 nitrogen and oxygen atoms in total. The van der Waals surface area contributed by atoms with E-state index in [-0.39, 0.29) is 17.0 Å². The molecule has 0 saturated carbocycles. The number of nitrogen functional groups attached to an aromatic ring is 1. The summed E-state index contributed by atoms with van der Waals surface area (Å²) in [5, 5.41) is 23.2. The molecule has 1 saturated heterocycles. The van der Waals surface area contributed by atoms with Gasteiger partial charge in [-0.05, 0) is 17.4 Å². The number of carboxylic acid groups (broad SMARTS) is 1. The van der Waals surface area contributed by atoms with Crippen molar-refractivity contribution in [3.05, 3.63) is 12.7 Å². The molecule has 0 spiro atoms. The number of aromatic nitrogens is 4. The van der Waals surface area contributed by atoms with E-state index in [1.807, 2.05) is 13.8 Å². The van der Waals surface area contributed by atoms with Crippen molar-refractivity contribution < 1.29 is 24.5 Å². The Morgan fingerprint density at radius 2 is 2.10 bits per heavy atom. The van der Waals surface area contributed by atoms with Gasteiger partial charge in [-0.15, -0.1) is 0 Å². The molecule has 3 heterocycles. The predicted molar refractivity (Wildman–Crippen MR) is 109 cm³/mol. The van der Waals surface area contributed by atoms with Gasteiger partial charge >= 0.3 is 5.97 Å². The van der Waals surface area contributed by atoms with Gasteiger partial charge in [-0.25, -0.2) is 19.7 Å². The molecule has 1 aliphatic rings. The van der Waals surface area contributed by atoms with E-state index in [0.29, 0.717) is 17.4 Å². The van der Waals surface area contributed by atoms with Gasteiger partial charge in [-0.1, -0.05) is 13.8 Å². The average molecular weight is 439 g/mol. The molecule has 0 radical (unpaired) electrons. The van der Waals surface area contributed by atoms with Crippen LogP contribution in [0.3, 0.4) is 0 Å². The standard InChI is InChI=1S/C17H25N7O5S/c1-7(2)30-4-3-8(18)15(26)23-9-11(25)16(29-12(9)17(27)28)24-6-22-10-13(19)20-5-21-14(10)24/h5-9,11-12,16,25H,3-4,18H2,1-2H3,(H,23,26)(H,27,28)(H2,19,20,21)/t8-,9-,11+,12-,16+/m0/s1. The smallest absolute Gasteiger partial charge is 0.335 e. The molecule has 2 aromatic heterocycles. The van der Waals surface area contributed by atoms with Crippen molar-refractivity contribution in [2.75, 3.05) is 11.5 Å². The zero-order chi connectivity index (χ0) is 22.0. The Balaban J connectivity index is 1.77. The Kier molecular flexibility index (Phi) is 6.75. The molecular weight excluding hydrogens is 414 g/mol. The first kappa shape index (κ1) is 22.2. The van der Waals surface area contributed by atoms with E-state index in [9.17, 15) is 19.8 Å². The van der Waals surface area contributed by atoms with Gasteiger partial charge in [-0.2, -0.15) is 11.8 Å². The maximum Gasteiger partial charge on any atom is 0.335 e. The molecule has 1 fully saturated rings. The third kappa shape index (κ3) is 4.48. The van der Waals surface area contributed by atoms with Crippen LogP contribution in [-0.4, -0.2) is 76.9 Å². The van der Waals surface area contributed by atoms with E-state index in [2.05, 4.69) is 20.3 Å². The largest absolute Gasteiger partial charge is 0.479 e. The highest BCUT2D eigenvalue weighted by Gasteiger charge is 2.49. The van der Waals surface area contributed by atoms with Crippen LogP contribution in [0.1, 0.15) is 26.5 Å². The van der Waals surface area contributed by atoms with Gasteiger partial charge in [0.1, 0.15) is 17.9 Å². The van der Waals surface area contributed by atoms with Gasteiger partial charge in [0.25, 0.3) is 0 Å². The van der Waals surface area contributed by atoms with Gasteiger partial charge in [0.2, 0.25) is 5.91 Å². The van der Waals surface area contributed by atoms with Gasteiger partial charge in [0.15, 0.2) is 23.8 Å². The van der Waals surface area contributed by atoms with Gasteiger partial charge in [-0.3, -0.25) is 9.36 Å². The fourth-order valence-electron chi connectivity index (χ4n) is 3.16. The van der Waals surface area contributed by atoms with Gasteiger partial charge < -0.3 is 31.7 Å². The Morgan fingerprint density at radius 3 is 2.77 bits per heavy atom. The fourth-order valence-corrected chi connectivity index (χ4v) is 4.03. The molecule has 0 aromatic carbocycles. The molecule has 30 heavy (non-hydrogen) atoms. The molecule has 13 heteroatoms. The number of ether oxygens (including phenoxy) is 1. The summed E-state index contributed by atoms with van der Waals surface area (Å²) in [6, 6.07) is -2.04. The molecule has 0 unspecified atom stereocenters. The third-order valence-electron chi connectivity index (χ3n) is 4.70. The number of aliphatic carboxylic acids is 1.